The fourth-order valence-electron chi connectivity index (χ4n) is 3.13. The minimum absolute atomic E-state index is 0.0872. The summed E-state index contributed by atoms with van der Waals surface area (Å²) in [7, 11) is 1.57. The van der Waals surface area contributed by atoms with E-state index in [1.54, 1.807) is 13.2 Å². The lowest BCUT2D eigenvalue weighted by Crippen LogP contribution is -2.27. The number of hydrogen-bond donors (Lipinski definition) is 1. The van der Waals surface area contributed by atoms with E-state index in [0.717, 1.165) is 42.3 Å². The van der Waals surface area contributed by atoms with E-state index in [-0.39, 0.29) is 11.5 Å². The number of ether oxygens (including phenoxy) is 1. The van der Waals surface area contributed by atoms with Gasteiger partial charge in [-0.15, -0.1) is 0 Å². The maximum Gasteiger partial charge on any atom is 0.262 e. The summed E-state index contributed by atoms with van der Waals surface area (Å²) in [5.74, 6) is -0.384. The second kappa shape index (κ2) is 11.1. The number of nitrogens with one attached hydrogen (secondary N) is 1. The van der Waals surface area contributed by atoms with E-state index < -0.39 is 0 Å². The highest BCUT2D eigenvalue weighted by molar-refractivity contribution is 6.02. The van der Waals surface area contributed by atoms with Crippen LogP contribution in [0.1, 0.15) is 32.3 Å². The Morgan fingerprint density at radius 1 is 1.14 bits per heavy atom. The molecular weight excluding hydrogens is 350 g/mol. The third-order valence-corrected chi connectivity index (χ3v) is 4.47. The van der Waals surface area contributed by atoms with E-state index in [9.17, 15) is 10.1 Å². The first kappa shape index (κ1) is 21.5. The molecule has 0 saturated carbocycles. The molecule has 0 fully saturated rings. The lowest BCUT2D eigenvalue weighted by atomic mass is 10.0. The van der Waals surface area contributed by atoms with Crippen molar-refractivity contribution in [2.75, 3.05) is 38.3 Å². The summed E-state index contributed by atoms with van der Waals surface area (Å²) in [6.45, 7) is 7.27. The molecule has 0 spiro atoms. The van der Waals surface area contributed by atoms with Gasteiger partial charge in [0.25, 0.3) is 5.91 Å². The molecule has 0 radical (unpaired) electrons. The Morgan fingerprint density at radius 3 is 2.46 bits per heavy atom. The van der Waals surface area contributed by atoms with Gasteiger partial charge >= 0.3 is 0 Å². The first-order chi connectivity index (χ1) is 13.6. The Balaban J connectivity index is 2.25. The summed E-state index contributed by atoms with van der Waals surface area (Å²) < 4.78 is 4.91. The SMILES string of the molecule is CCCN(CCC)c1ccc2cc(/C=C(\C#N)C(=O)NCCOC)ccc2c1. The summed E-state index contributed by atoms with van der Waals surface area (Å²) in [6.07, 6.45) is 3.85. The molecule has 0 unspecified atom stereocenters. The second-order valence-electron chi connectivity index (χ2n) is 6.70. The zero-order chi connectivity index (χ0) is 20.4. The summed E-state index contributed by atoms with van der Waals surface area (Å²) >= 11 is 0. The molecule has 0 aliphatic heterocycles. The quantitative estimate of drug-likeness (QED) is 0.383. The van der Waals surface area contributed by atoms with Crippen LogP contribution in [0.4, 0.5) is 5.69 Å². The van der Waals surface area contributed by atoms with Gasteiger partial charge in [-0.25, -0.2) is 0 Å². The molecule has 5 heteroatoms. The summed E-state index contributed by atoms with van der Waals surface area (Å²) in [6, 6.07) is 14.4. The molecule has 2 rings (SSSR count). The zero-order valence-corrected chi connectivity index (χ0v) is 17.0. The van der Waals surface area contributed by atoms with E-state index in [0.29, 0.717) is 13.2 Å². The largest absolute Gasteiger partial charge is 0.383 e. The number of methoxy groups -OCH3 is 1. The number of hydrogen-bond acceptors (Lipinski definition) is 4. The fourth-order valence-corrected chi connectivity index (χ4v) is 3.13. The van der Waals surface area contributed by atoms with Crippen LogP contribution < -0.4 is 10.2 Å². The van der Waals surface area contributed by atoms with Crippen LogP contribution in [0.3, 0.4) is 0 Å². The van der Waals surface area contributed by atoms with Crippen LogP contribution in [0.15, 0.2) is 42.0 Å². The molecule has 28 heavy (non-hydrogen) atoms. The van der Waals surface area contributed by atoms with Crippen molar-refractivity contribution in [1.82, 2.24) is 5.32 Å². The molecule has 0 heterocycles. The average Bonchev–Trinajstić information content (AvgIpc) is 2.71. The molecule has 1 amide bonds. The number of benzene rings is 2. The van der Waals surface area contributed by atoms with Gasteiger partial charge in [0.1, 0.15) is 11.6 Å². The Labute approximate surface area is 167 Å². The van der Waals surface area contributed by atoms with Crippen LogP contribution in [0.25, 0.3) is 16.8 Å². The maximum atomic E-state index is 12.1. The van der Waals surface area contributed by atoms with Crippen LogP contribution >= 0.6 is 0 Å². The average molecular weight is 380 g/mol. The third kappa shape index (κ3) is 5.83. The highest BCUT2D eigenvalue weighted by atomic mass is 16.5. The van der Waals surface area contributed by atoms with Crippen LogP contribution in [-0.2, 0) is 9.53 Å². The predicted octanol–water partition coefficient (Wildman–Crippen LogP) is 4.14. The number of amides is 1. The van der Waals surface area contributed by atoms with Crippen molar-refractivity contribution in [3.8, 4) is 6.07 Å². The van der Waals surface area contributed by atoms with E-state index in [1.165, 1.54) is 5.69 Å². The highest BCUT2D eigenvalue weighted by Crippen LogP contribution is 2.24. The Kier molecular flexibility index (Phi) is 8.51. The molecule has 2 aromatic rings. The molecule has 5 nitrogen and oxygen atoms in total. The van der Waals surface area contributed by atoms with Crippen molar-refractivity contribution in [3.05, 3.63) is 47.5 Å². The van der Waals surface area contributed by atoms with Gasteiger partial charge in [0.05, 0.1) is 6.61 Å². The fraction of sp³-hybridized carbons (Fsp3) is 0.391. The topological polar surface area (TPSA) is 65.4 Å². The first-order valence-corrected chi connectivity index (χ1v) is 9.80. The van der Waals surface area contributed by atoms with Gasteiger partial charge in [0, 0.05) is 32.4 Å². The van der Waals surface area contributed by atoms with Crippen molar-refractivity contribution in [2.24, 2.45) is 0 Å². The zero-order valence-electron chi connectivity index (χ0n) is 17.0. The minimum atomic E-state index is -0.384. The lowest BCUT2D eigenvalue weighted by Gasteiger charge is -2.24. The van der Waals surface area contributed by atoms with Crippen molar-refractivity contribution in [3.63, 3.8) is 0 Å². The number of carbonyl (C=O) groups excluding carboxylic acids is 1. The number of fused-ring (bicyclic) bond motifs is 1. The number of carbonyl (C=O) groups is 1. The van der Waals surface area contributed by atoms with Crippen LogP contribution in [0.2, 0.25) is 0 Å². The predicted molar refractivity (Wildman–Crippen MR) is 115 cm³/mol. The number of anilines is 1. The Morgan fingerprint density at radius 2 is 1.82 bits per heavy atom. The summed E-state index contributed by atoms with van der Waals surface area (Å²) in [5, 5.41) is 14.2. The van der Waals surface area contributed by atoms with Gasteiger partial charge in [-0.3, -0.25) is 4.79 Å². The Bertz CT molecular complexity index is 862. The van der Waals surface area contributed by atoms with Crippen LogP contribution in [-0.4, -0.2) is 39.3 Å². The number of nitriles is 1. The van der Waals surface area contributed by atoms with Crippen molar-refractivity contribution < 1.29 is 9.53 Å². The first-order valence-electron chi connectivity index (χ1n) is 9.80. The molecule has 0 atom stereocenters. The maximum absolute atomic E-state index is 12.1. The monoisotopic (exact) mass is 379 g/mol. The second-order valence-corrected chi connectivity index (χ2v) is 6.70. The van der Waals surface area contributed by atoms with Gasteiger partial charge < -0.3 is 15.0 Å². The number of rotatable bonds is 10. The van der Waals surface area contributed by atoms with Crippen molar-refractivity contribution in [2.45, 2.75) is 26.7 Å². The van der Waals surface area contributed by atoms with Gasteiger partial charge in [-0.05, 0) is 53.5 Å². The standard InChI is InChI=1S/C23H29N3O2/c1-4-11-26(12-5-2)22-9-8-19-14-18(6-7-20(19)16-22)15-21(17-24)23(27)25-10-13-28-3/h6-9,14-16H,4-5,10-13H2,1-3H3,(H,25,27)/b21-15+. The summed E-state index contributed by atoms with van der Waals surface area (Å²) in [5.41, 5.74) is 2.15. The smallest absolute Gasteiger partial charge is 0.262 e. The molecule has 0 saturated heterocycles. The van der Waals surface area contributed by atoms with Crippen molar-refractivity contribution >= 4 is 28.4 Å². The van der Waals surface area contributed by atoms with Gasteiger partial charge in [0.15, 0.2) is 0 Å². The molecule has 1 N–H and O–H groups in total. The van der Waals surface area contributed by atoms with Crippen LogP contribution in [0.5, 0.6) is 0 Å². The number of nitrogens with zero attached hydrogens (tertiary/aromatic N) is 2. The van der Waals surface area contributed by atoms with Crippen LogP contribution in [0, 0.1) is 11.3 Å². The van der Waals surface area contributed by atoms with Gasteiger partial charge in [-0.2, -0.15) is 5.26 Å². The van der Waals surface area contributed by atoms with Crippen molar-refractivity contribution in [1.29, 1.82) is 5.26 Å². The lowest BCUT2D eigenvalue weighted by molar-refractivity contribution is -0.117. The molecule has 148 valence electrons. The molecule has 0 aliphatic rings. The third-order valence-electron chi connectivity index (χ3n) is 4.47. The Hall–Kier alpha value is -2.84. The minimum Gasteiger partial charge on any atom is -0.383 e. The molecular formula is C23H29N3O2. The van der Waals surface area contributed by atoms with E-state index >= 15 is 0 Å². The molecule has 0 aromatic heterocycles. The van der Waals surface area contributed by atoms with Gasteiger partial charge in [-0.1, -0.05) is 32.0 Å². The normalized spacial score (nSPS) is 11.3. The van der Waals surface area contributed by atoms with E-state index in [4.69, 9.17) is 4.74 Å². The molecule has 0 aliphatic carbocycles. The van der Waals surface area contributed by atoms with Gasteiger partial charge in [0.2, 0.25) is 0 Å². The van der Waals surface area contributed by atoms with E-state index in [2.05, 4.69) is 42.3 Å². The summed E-state index contributed by atoms with van der Waals surface area (Å²) in [4.78, 5) is 14.5. The van der Waals surface area contributed by atoms with E-state index in [1.807, 2.05) is 24.3 Å². The molecule has 0 bridgehead atoms. The molecule has 2 aromatic carbocycles. The highest BCUT2D eigenvalue weighted by Gasteiger charge is 2.09.